The summed E-state index contributed by atoms with van der Waals surface area (Å²) in [6.45, 7) is 1.95. The lowest BCUT2D eigenvalue weighted by molar-refractivity contribution is 0.0306. The molecule has 2 bridgehead atoms. The molecule has 2 aromatic heterocycles. The molecule has 0 aliphatic carbocycles. The number of carbonyl (C=O) groups is 2. The monoisotopic (exact) mass is 459 g/mol. The molecule has 3 aliphatic heterocycles. The van der Waals surface area contributed by atoms with Crippen molar-refractivity contribution in [1.29, 1.82) is 0 Å². The number of fused-ring (bicyclic) bond motifs is 4. The molecule has 9 heteroatoms. The number of anilines is 1. The van der Waals surface area contributed by atoms with Gasteiger partial charge in [0.15, 0.2) is 5.76 Å². The van der Waals surface area contributed by atoms with Crippen molar-refractivity contribution in [2.45, 2.75) is 31.6 Å². The van der Waals surface area contributed by atoms with Gasteiger partial charge in [0, 0.05) is 50.0 Å². The molecular formula is C25H25N5O4. The van der Waals surface area contributed by atoms with E-state index in [-0.39, 0.29) is 30.3 Å². The first-order valence-electron chi connectivity index (χ1n) is 11.4. The van der Waals surface area contributed by atoms with Crippen LogP contribution in [0.3, 0.4) is 0 Å². The van der Waals surface area contributed by atoms with Gasteiger partial charge in [-0.2, -0.15) is 0 Å². The molecule has 2 saturated heterocycles. The van der Waals surface area contributed by atoms with Gasteiger partial charge in [0.05, 0.1) is 23.5 Å². The Bertz CT molecular complexity index is 1350. The zero-order chi connectivity index (χ0) is 23.4. The van der Waals surface area contributed by atoms with Crippen molar-refractivity contribution in [2.75, 3.05) is 18.0 Å². The fourth-order valence-electron chi connectivity index (χ4n) is 5.18. The van der Waals surface area contributed by atoms with E-state index in [1.807, 2.05) is 30.1 Å². The van der Waals surface area contributed by atoms with Crippen LogP contribution in [0.15, 0.2) is 42.4 Å². The SMILES string of the molecule is Cn1cc(C=C2Oc3ccc(CNC(N)=O)cc3C2=O)c2c(N3CC4CCC(C3)O4)ccnc21. The van der Waals surface area contributed by atoms with Gasteiger partial charge in [-0.05, 0) is 42.7 Å². The van der Waals surface area contributed by atoms with Gasteiger partial charge < -0.3 is 30.0 Å². The Kier molecular flexibility index (Phi) is 4.80. The van der Waals surface area contributed by atoms with Crippen LogP contribution in [0.1, 0.15) is 34.3 Å². The van der Waals surface area contributed by atoms with E-state index >= 15 is 0 Å². The van der Waals surface area contributed by atoms with E-state index in [0.29, 0.717) is 11.3 Å². The van der Waals surface area contributed by atoms with Crippen molar-refractivity contribution in [3.8, 4) is 5.75 Å². The topological polar surface area (TPSA) is 112 Å². The second-order valence-corrected chi connectivity index (χ2v) is 9.07. The fourth-order valence-corrected chi connectivity index (χ4v) is 5.18. The summed E-state index contributed by atoms with van der Waals surface area (Å²) >= 11 is 0. The quantitative estimate of drug-likeness (QED) is 0.581. The summed E-state index contributed by atoms with van der Waals surface area (Å²) in [6, 6.07) is 6.70. The number of aromatic nitrogens is 2. The Morgan fingerprint density at radius 3 is 2.82 bits per heavy atom. The number of primary amides is 1. The van der Waals surface area contributed by atoms with Crippen LogP contribution in [0.4, 0.5) is 10.5 Å². The number of rotatable bonds is 4. The lowest BCUT2D eigenvalue weighted by Crippen LogP contribution is -2.42. The van der Waals surface area contributed by atoms with Crippen LogP contribution in [0.25, 0.3) is 17.1 Å². The largest absolute Gasteiger partial charge is 0.452 e. The third-order valence-electron chi connectivity index (χ3n) is 6.73. The number of amides is 2. The third kappa shape index (κ3) is 3.49. The van der Waals surface area contributed by atoms with Crippen LogP contribution < -0.4 is 20.7 Å². The summed E-state index contributed by atoms with van der Waals surface area (Å²) in [5, 5.41) is 3.54. The van der Waals surface area contributed by atoms with Gasteiger partial charge in [0.2, 0.25) is 5.78 Å². The van der Waals surface area contributed by atoms with E-state index in [2.05, 4.69) is 15.2 Å². The second kappa shape index (κ2) is 7.88. The number of benzene rings is 1. The minimum Gasteiger partial charge on any atom is -0.452 e. The predicted octanol–water partition coefficient (Wildman–Crippen LogP) is 2.73. The number of morpholine rings is 1. The molecule has 0 saturated carbocycles. The summed E-state index contributed by atoms with van der Waals surface area (Å²) in [5.74, 6) is 0.574. The molecule has 34 heavy (non-hydrogen) atoms. The Labute approximate surface area is 196 Å². The molecule has 174 valence electrons. The molecule has 0 radical (unpaired) electrons. The van der Waals surface area contributed by atoms with Crippen molar-refractivity contribution < 1.29 is 19.1 Å². The molecule has 2 fully saturated rings. The maximum absolute atomic E-state index is 13.2. The smallest absolute Gasteiger partial charge is 0.312 e. The van der Waals surface area contributed by atoms with Crippen molar-refractivity contribution in [3.05, 3.63) is 59.1 Å². The minimum absolute atomic E-state index is 0.192. The molecule has 9 nitrogen and oxygen atoms in total. The number of nitrogens with zero attached hydrogens (tertiary/aromatic N) is 3. The van der Waals surface area contributed by atoms with Crippen LogP contribution in [0.5, 0.6) is 5.75 Å². The summed E-state index contributed by atoms with van der Waals surface area (Å²) in [4.78, 5) is 31.1. The molecule has 2 atom stereocenters. The Morgan fingerprint density at radius 2 is 2.06 bits per heavy atom. The molecule has 2 unspecified atom stereocenters. The number of allylic oxidation sites excluding steroid dienone is 1. The van der Waals surface area contributed by atoms with E-state index in [9.17, 15) is 9.59 Å². The second-order valence-electron chi connectivity index (χ2n) is 9.07. The van der Waals surface area contributed by atoms with Crippen molar-refractivity contribution in [1.82, 2.24) is 14.9 Å². The lowest BCUT2D eigenvalue weighted by atomic mass is 10.1. The normalized spacial score (nSPS) is 22.3. The fraction of sp³-hybridized carbons (Fsp3) is 0.320. The highest BCUT2D eigenvalue weighted by Crippen LogP contribution is 2.38. The minimum atomic E-state index is -0.614. The number of carbonyl (C=O) groups excluding carboxylic acids is 2. The van der Waals surface area contributed by atoms with Gasteiger partial charge in [0.1, 0.15) is 11.4 Å². The van der Waals surface area contributed by atoms with Crippen LogP contribution in [0, 0.1) is 0 Å². The molecule has 3 aliphatic rings. The number of urea groups is 1. The molecule has 0 spiro atoms. The van der Waals surface area contributed by atoms with Gasteiger partial charge >= 0.3 is 6.03 Å². The van der Waals surface area contributed by atoms with Crippen molar-refractivity contribution in [3.63, 3.8) is 0 Å². The van der Waals surface area contributed by atoms with Gasteiger partial charge in [0.25, 0.3) is 0 Å². The van der Waals surface area contributed by atoms with Gasteiger partial charge in [-0.3, -0.25) is 4.79 Å². The Morgan fingerprint density at radius 1 is 1.26 bits per heavy atom. The number of hydrogen-bond acceptors (Lipinski definition) is 6. The first-order valence-corrected chi connectivity index (χ1v) is 11.4. The third-order valence-corrected chi connectivity index (χ3v) is 6.73. The van der Waals surface area contributed by atoms with Gasteiger partial charge in [-0.15, -0.1) is 0 Å². The summed E-state index contributed by atoms with van der Waals surface area (Å²) in [7, 11) is 1.95. The van der Waals surface area contributed by atoms with E-state index in [1.165, 1.54) is 0 Å². The van der Waals surface area contributed by atoms with Crippen molar-refractivity contribution >= 4 is 34.6 Å². The molecule has 2 amide bonds. The number of pyridine rings is 1. The van der Waals surface area contributed by atoms with Crippen LogP contribution in [-0.4, -0.2) is 46.7 Å². The molecular weight excluding hydrogens is 434 g/mol. The first kappa shape index (κ1) is 20.7. The zero-order valence-corrected chi connectivity index (χ0v) is 18.8. The Balaban J connectivity index is 1.36. The number of Topliss-reactive ketones (excluding diaryl/α,β-unsaturated/α-hetero) is 1. The maximum Gasteiger partial charge on any atom is 0.312 e. The highest BCUT2D eigenvalue weighted by atomic mass is 16.5. The number of aryl methyl sites for hydroxylation is 1. The average Bonchev–Trinajstić information content (AvgIpc) is 3.45. The predicted molar refractivity (Wildman–Crippen MR) is 127 cm³/mol. The highest BCUT2D eigenvalue weighted by molar-refractivity contribution is 6.15. The van der Waals surface area contributed by atoms with Gasteiger partial charge in [-0.1, -0.05) is 6.07 Å². The van der Waals surface area contributed by atoms with E-state index in [1.54, 1.807) is 24.3 Å². The average molecular weight is 460 g/mol. The number of hydrogen-bond donors (Lipinski definition) is 2. The number of ketones is 1. The number of nitrogens with two attached hydrogens (primary N) is 1. The molecule has 3 N–H and O–H groups in total. The van der Waals surface area contributed by atoms with Crippen LogP contribution >= 0.6 is 0 Å². The molecule has 5 heterocycles. The van der Waals surface area contributed by atoms with Crippen LogP contribution in [-0.2, 0) is 18.3 Å². The van der Waals surface area contributed by atoms with E-state index in [4.69, 9.17) is 15.2 Å². The lowest BCUT2D eigenvalue weighted by Gasteiger charge is -2.34. The summed E-state index contributed by atoms with van der Waals surface area (Å²) in [6.07, 6.45) is 8.33. The number of ether oxygens (including phenoxy) is 2. The Hall–Kier alpha value is -3.85. The van der Waals surface area contributed by atoms with E-state index in [0.717, 1.165) is 53.8 Å². The van der Waals surface area contributed by atoms with E-state index < -0.39 is 6.03 Å². The molecule has 3 aromatic rings. The van der Waals surface area contributed by atoms with Crippen LogP contribution in [0.2, 0.25) is 0 Å². The van der Waals surface area contributed by atoms with Gasteiger partial charge in [-0.25, -0.2) is 9.78 Å². The summed E-state index contributed by atoms with van der Waals surface area (Å²) < 4.78 is 13.9. The first-order chi connectivity index (χ1) is 16.5. The molecule has 1 aromatic carbocycles. The zero-order valence-electron chi connectivity index (χ0n) is 18.8. The standard InChI is InChI=1S/C25H25N5O4/c1-29-11-15(9-21-23(31)18-8-14(10-28-25(26)32)2-5-20(18)34-21)22-19(6-7-27-24(22)29)30-12-16-3-4-17(13-30)33-16/h2,5-9,11,16-17H,3-4,10,12-13H2,1H3,(H3,26,28,32). The maximum atomic E-state index is 13.2. The highest BCUT2D eigenvalue weighted by Gasteiger charge is 2.35. The summed E-state index contributed by atoms with van der Waals surface area (Å²) in [5.41, 5.74) is 9.23. The molecule has 6 rings (SSSR count). The van der Waals surface area contributed by atoms with Crippen molar-refractivity contribution in [2.24, 2.45) is 12.8 Å². The number of nitrogens with one attached hydrogen (secondary N) is 1.